The van der Waals surface area contributed by atoms with E-state index in [2.05, 4.69) is 39.8 Å². The Balaban J connectivity index is 1.48. The Morgan fingerprint density at radius 2 is 2.03 bits per heavy atom. The number of likely N-dealkylation sites (N-methyl/N-ethyl adjacent to an activating group) is 1. The molecule has 2 amide bonds. The summed E-state index contributed by atoms with van der Waals surface area (Å²) in [6, 6.07) is 0.341. The molecule has 1 aliphatic heterocycles. The number of anilines is 2. The van der Waals surface area contributed by atoms with Crippen molar-refractivity contribution in [1.29, 1.82) is 0 Å². The van der Waals surface area contributed by atoms with Gasteiger partial charge in [0.15, 0.2) is 11.6 Å². The van der Waals surface area contributed by atoms with Crippen LogP contribution in [0, 0.1) is 23.1 Å². The van der Waals surface area contributed by atoms with E-state index >= 15 is 4.39 Å². The molecule has 3 N–H and O–H groups in total. The lowest BCUT2D eigenvalue weighted by molar-refractivity contribution is -0.154. The van der Waals surface area contributed by atoms with Crippen LogP contribution in [0.5, 0.6) is 0 Å². The number of hydrogen-bond acceptors (Lipinski definition) is 8. The minimum atomic E-state index is -0.620. The summed E-state index contributed by atoms with van der Waals surface area (Å²) in [6.07, 6.45) is 7.92. The second-order valence-corrected chi connectivity index (χ2v) is 10.6. The van der Waals surface area contributed by atoms with Crippen LogP contribution in [0.25, 0.3) is 0 Å². The van der Waals surface area contributed by atoms with Gasteiger partial charge in [-0.25, -0.2) is 15.0 Å². The van der Waals surface area contributed by atoms with Crippen molar-refractivity contribution in [2.75, 3.05) is 44.1 Å². The first-order valence-corrected chi connectivity index (χ1v) is 12.7. The maximum Gasteiger partial charge on any atom is 0.243 e. The molecule has 194 valence electrons. The van der Waals surface area contributed by atoms with Gasteiger partial charge in [-0.15, -0.1) is 0 Å². The Hall–Kier alpha value is -2.53. The fourth-order valence-electron chi connectivity index (χ4n) is 5.81. The smallest absolute Gasteiger partial charge is 0.243 e. The van der Waals surface area contributed by atoms with E-state index in [0.717, 1.165) is 45.1 Å². The Morgan fingerprint density at radius 1 is 1.31 bits per heavy atom. The van der Waals surface area contributed by atoms with E-state index in [1.165, 1.54) is 0 Å². The van der Waals surface area contributed by atoms with Crippen molar-refractivity contribution in [3.8, 4) is 0 Å². The minimum absolute atomic E-state index is 0.0748. The van der Waals surface area contributed by atoms with E-state index in [9.17, 15) is 14.8 Å². The zero-order valence-corrected chi connectivity index (χ0v) is 21.0. The van der Waals surface area contributed by atoms with Crippen molar-refractivity contribution in [2.45, 2.75) is 64.3 Å². The number of carbonyl (C=O) groups is 2. The molecule has 35 heavy (non-hydrogen) atoms. The number of amides is 2. The fraction of sp³-hybridized carbons (Fsp3) is 0.750. The quantitative estimate of drug-likeness (QED) is 0.245. The van der Waals surface area contributed by atoms with Crippen molar-refractivity contribution in [3.05, 3.63) is 11.6 Å². The van der Waals surface area contributed by atoms with Gasteiger partial charge in [0.2, 0.25) is 18.1 Å². The summed E-state index contributed by atoms with van der Waals surface area (Å²) in [7, 11) is 4.12. The number of hydroxylamine groups is 2. The molecular formula is C24H38FN7O3. The average molecular weight is 492 g/mol. The van der Waals surface area contributed by atoms with Crippen molar-refractivity contribution < 1.29 is 19.2 Å². The van der Waals surface area contributed by atoms with Gasteiger partial charge in [0.05, 0.1) is 12.5 Å². The Kier molecular flexibility index (Phi) is 7.75. The molecule has 2 heterocycles. The number of carbonyl (C=O) groups excluding carboxylic acids is 2. The zero-order valence-electron chi connectivity index (χ0n) is 21.0. The lowest BCUT2D eigenvalue weighted by Gasteiger charge is -2.24. The second kappa shape index (κ2) is 10.6. The number of aryl methyl sites for hydroxylation is 1. The van der Waals surface area contributed by atoms with Gasteiger partial charge in [-0.2, -0.15) is 4.39 Å². The van der Waals surface area contributed by atoms with Gasteiger partial charge >= 0.3 is 0 Å². The topological polar surface area (TPSA) is 114 Å². The highest BCUT2D eigenvalue weighted by Gasteiger charge is 2.56. The van der Waals surface area contributed by atoms with Gasteiger partial charge < -0.3 is 9.80 Å². The molecule has 2 atom stereocenters. The van der Waals surface area contributed by atoms with E-state index in [-0.39, 0.29) is 30.0 Å². The largest absolute Gasteiger partial charge is 0.352 e. The lowest BCUT2D eigenvalue weighted by Crippen LogP contribution is -2.41. The molecule has 2 saturated carbocycles. The van der Waals surface area contributed by atoms with E-state index in [4.69, 9.17) is 0 Å². The highest BCUT2D eigenvalue weighted by atomic mass is 19.1. The number of nitrogens with zero attached hydrogens (tertiary/aromatic N) is 5. The fourth-order valence-corrected chi connectivity index (χ4v) is 5.81. The predicted octanol–water partition coefficient (Wildman–Crippen LogP) is 2.20. The van der Waals surface area contributed by atoms with Crippen LogP contribution in [0.3, 0.4) is 0 Å². The Labute approximate surface area is 206 Å². The van der Waals surface area contributed by atoms with Crippen molar-refractivity contribution in [1.82, 2.24) is 25.4 Å². The molecular weight excluding hydrogens is 453 g/mol. The van der Waals surface area contributed by atoms with Crippen LogP contribution in [0.4, 0.5) is 16.0 Å². The van der Waals surface area contributed by atoms with Gasteiger partial charge in [-0.1, -0.05) is 32.6 Å². The molecule has 3 fully saturated rings. The molecule has 2 aliphatic carbocycles. The summed E-state index contributed by atoms with van der Waals surface area (Å²) < 4.78 is 15.6. The maximum absolute atomic E-state index is 15.6. The Bertz CT molecular complexity index is 921. The Morgan fingerprint density at radius 3 is 2.60 bits per heavy atom. The van der Waals surface area contributed by atoms with Crippen molar-refractivity contribution in [3.63, 3.8) is 0 Å². The van der Waals surface area contributed by atoms with Gasteiger partial charge in [0.25, 0.3) is 0 Å². The number of hydrazine groups is 1. The highest BCUT2D eigenvalue weighted by molar-refractivity contribution is 5.80. The number of halogens is 1. The first kappa shape index (κ1) is 25.6. The van der Waals surface area contributed by atoms with Crippen LogP contribution < -0.4 is 15.8 Å². The van der Waals surface area contributed by atoms with Gasteiger partial charge in [0, 0.05) is 31.0 Å². The molecule has 10 nitrogen and oxygen atoms in total. The number of nitrogens with one attached hydrogen (secondary N) is 2. The monoisotopic (exact) mass is 491 g/mol. The summed E-state index contributed by atoms with van der Waals surface area (Å²) >= 11 is 0. The summed E-state index contributed by atoms with van der Waals surface area (Å²) in [5, 5.41) is 10.2. The van der Waals surface area contributed by atoms with E-state index in [1.807, 2.05) is 11.8 Å². The van der Waals surface area contributed by atoms with E-state index in [0.29, 0.717) is 42.2 Å². The SMILES string of the molecule is CCc1nc(NNC(=O)[C@H](CC2CCCC2)CN(O)C=O)c(F)c(N2C[C@@H](N(C)C)C3(CC3)C2)n1. The summed E-state index contributed by atoms with van der Waals surface area (Å²) in [6.45, 7) is 3.23. The molecule has 4 rings (SSSR count). The first-order valence-electron chi connectivity index (χ1n) is 12.7. The molecule has 1 aromatic rings. The number of aromatic nitrogens is 2. The van der Waals surface area contributed by atoms with Crippen molar-refractivity contribution >= 4 is 24.0 Å². The maximum atomic E-state index is 15.6. The summed E-state index contributed by atoms with van der Waals surface area (Å²) in [5.41, 5.74) is 5.43. The standard InChI is InChI=1S/C24H38FN7O3/c1-4-19-26-21(20(25)22(27-19)31-13-18(30(2)3)24(14-31)9-10-24)28-29-23(34)17(12-32(35)15-33)11-16-7-5-6-8-16/h15-18,35H,4-14H2,1-3H3,(H,29,34)(H,26,27,28)/t17-,18-/m1/s1. The summed E-state index contributed by atoms with van der Waals surface area (Å²) in [4.78, 5) is 36.9. The van der Waals surface area contributed by atoms with E-state index in [1.54, 1.807) is 0 Å². The minimum Gasteiger partial charge on any atom is -0.352 e. The van der Waals surface area contributed by atoms with Crippen LogP contribution in [-0.4, -0.2) is 77.2 Å². The third-order valence-electron chi connectivity index (χ3n) is 7.91. The molecule has 1 saturated heterocycles. The molecule has 0 bridgehead atoms. The molecule has 0 aromatic carbocycles. The second-order valence-electron chi connectivity index (χ2n) is 10.6. The first-order chi connectivity index (χ1) is 16.8. The predicted molar refractivity (Wildman–Crippen MR) is 129 cm³/mol. The van der Waals surface area contributed by atoms with Crippen LogP contribution >= 0.6 is 0 Å². The van der Waals surface area contributed by atoms with Crippen LogP contribution in [-0.2, 0) is 16.0 Å². The summed E-state index contributed by atoms with van der Waals surface area (Å²) in [5.74, 6) is -0.591. The van der Waals surface area contributed by atoms with Gasteiger partial charge in [-0.3, -0.25) is 25.6 Å². The van der Waals surface area contributed by atoms with Crippen LogP contribution in [0.2, 0.25) is 0 Å². The van der Waals surface area contributed by atoms with Crippen molar-refractivity contribution in [2.24, 2.45) is 17.3 Å². The average Bonchev–Trinajstić information content (AvgIpc) is 3.24. The van der Waals surface area contributed by atoms with Crippen LogP contribution in [0.15, 0.2) is 0 Å². The number of rotatable bonds is 11. The third kappa shape index (κ3) is 5.66. The number of hydrogen-bond donors (Lipinski definition) is 3. The van der Waals surface area contributed by atoms with E-state index < -0.39 is 17.6 Å². The normalized spacial score (nSPS) is 22.0. The lowest BCUT2D eigenvalue weighted by atomic mass is 9.92. The third-order valence-corrected chi connectivity index (χ3v) is 7.91. The van der Waals surface area contributed by atoms with Gasteiger partial charge in [0.1, 0.15) is 5.82 Å². The van der Waals surface area contributed by atoms with Gasteiger partial charge in [-0.05, 0) is 39.3 Å². The highest BCUT2D eigenvalue weighted by Crippen LogP contribution is 2.54. The molecule has 1 aromatic heterocycles. The molecule has 0 radical (unpaired) electrons. The molecule has 1 spiro atoms. The van der Waals surface area contributed by atoms with Crippen LogP contribution in [0.1, 0.15) is 57.7 Å². The zero-order chi connectivity index (χ0) is 25.2. The molecule has 0 unspecified atom stereocenters. The molecule has 11 heteroatoms. The molecule has 3 aliphatic rings.